The zero-order valence-electron chi connectivity index (χ0n) is 15.2. The Bertz CT molecular complexity index is 832. The molecule has 0 unspecified atom stereocenters. The molecule has 3 nitrogen and oxygen atoms in total. The van der Waals surface area contributed by atoms with Crippen molar-refractivity contribution in [1.82, 2.24) is 0 Å². The van der Waals surface area contributed by atoms with Gasteiger partial charge in [0.25, 0.3) is 0 Å². The summed E-state index contributed by atoms with van der Waals surface area (Å²) >= 11 is 1.70. The summed E-state index contributed by atoms with van der Waals surface area (Å²) in [6, 6.07) is 7.98. The van der Waals surface area contributed by atoms with E-state index in [-0.39, 0.29) is 11.2 Å². The van der Waals surface area contributed by atoms with Gasteiger partial charge in [0.2, 0.25) is 0 Å². The highest BCUT2D eigenvalue weighted by Gasteiger charge is 2.31. The predicted octanol–water partition coefficient (Wildman–Crippen LogP) is 5.01. The Kier molecular flexibility index (Phi) is 4.85. The van der Waals surface area contributed by atoms with Gasteiger partial charge >= 0.3 is 0 Å². The second-order valence-corrected chi connectivity index (χ2v) is 8.68. The fourth-order valence-corrected chi connectivity index (χ4v) is 4.87. The van der Waals surface area contributed by atoms with Crippen molar-refractivity contribution >= 4 is 27.8 Å². The van der Waals surface area contributed by atoms with Crippen molar-refractivity contribution in [3.05, 3.63) is 58.0 Å². The van der Waals surface area contributed by atoms with Gasteiger partial charge in [-0.25, -0.2) is 0 Å². The van der Waals surface area contributed by atoms with Gasteiger partial charge in [0, 0.05) is 22.7 Å². The van der Waals surface area contributed by atoms with Crippen molar-refractivity contribution in [2.24, 2.45) is 11.1 Å². The van der Waals surface area contributed by atoms with Gasteiger partial charge < -0.3 is 11.1 Å². The van der Waals surface area contributed by atoms with E-state index >= 15 is 0 Å². The summed E-state index contributed by atoms with van der Waals surface area (Å²) < 4.78 is 0. The van der Waals surface area contributed by atoms with Crippen LogP contribution in [0.2, 0.25) is 0 Å². The van der Waals surface area contributed by atoms with Gasteiger partial charge in [-0.05, 0) is 42.7 Å². The van der Waals surface area contributed by atoms with E-state index in [1.54, 1.807) is 18.3 Å². The van der Waals surface area contributed by atoms with Crippen LogP contribution in [0.25, 0.3) is 5.70 Å². The van der Waals surface area contributed by atoms with Crippen LogP contribution in [-0.2, 0) is 19.4 Å². The average molecular weight is 355 g/mol. The van der Waals surface area contributed by atoms with Crippen molar-refractivity contribution in [2.45, 2.75) is 46.6 Å². The quantitative estimate of drug-likeness (QED) is 0.742. The minimum absolute atomic E-state index is 0.123. The number of hydrogen-bond acceptors (Lipinski definition) is 4. The lowest BCUT2D eigenvalue weighted by Gasteiger charge is -2.29. The van der Waals surface area contributed by atoms with E-state index in [0.717, 1.165) is 46.7 Å². The van der Waals surface area contributed by atoms with Gasteiger partial charge in [0.15, 0.2) is 5.78 Å². The SMILES string of the molecule is C=C(Nc1sc2c(c1C(C)=O)CC(C)(C)CC2)c1ccccc1CN. The molecule has 1 aromatic carbocycles. The van der Waals surface area contributed by atoms with Crippen LogP contribution in [0.5, 0.6) is 0 Å². The Morgan fingerprint density at radius 2 is 2.08 bits per heavy atom. The number of nitrogens with two attached hydrogens (primary N) is 1. The number of ketones is 1. The van der Waals surface area contributed by atoms with E-state index in [9.17, 15) is 4.79 Å². The largest absolute Gasteiger partial charge is 0.347 e. The van der Waals surface area contributed by atoms with E-state index in [2.05, 4.69) is 25.7 Å². The first-order valence-corrected chi connectivity index (χ1v) is 9.54. The predicted molar refractivity (Wildman–Crippen MR) is 107 cm³/mol. The average Bonchev–Trinajstić information content (AvgIpc) is 2.90. The lowest BCUT2D eigenvalue weighted by molar-refractivity contribution is 0.101. The second kappa shape index (κ2) is 6.77. The number of nitrogens with one attached hydrogen (secondary N) is 1. The number of carbonyl (C=O) groups excluding carboxylic acids is 1. The van der Waals surface area contributed by atoms with Crippen LogP contribution in [0.3, 0.4) is 0 Å². The molecular weight excluding hydrogens is 328 g/mol. The number of hydrogen-bond donors (Lipinski definition) is 2. The maximum Gasteiger partial charge on any atom is 0.163 e. The minimum atomic E-state index is 0.123. The lowest BCUT2D eigenvalue weighted by Crippen LogP contribution is -2.22. The number of Topliss-reactive ketones (excluding diaryl/α,β-unsaturated/α-hetero) is 1. The number of fused-ring (bicyclic) bond motifs is 1. The molecule has 4 heteroatoms. The molecule has 0 saturated heterocycles. The van der Waals surface area contributed by atoms with Crippen LogP contribution in [-0.4, -0.2) is 5.78 Å². The molecule has 0 spiro atoms. The highest BCUT2D eigenvalue weighted by molar-refractivity contribution is 7.16. The topological polar surface area (TPSA) is 55.1 Å². The molecule has 0 radical (unpaired) electrons. The molecule has 1 aromatic heterocycles. The Morgan fingerprint density at radius 3 is 2.76 bits per heavy atom. The van der Waals surface area contributed by atoms with Crippen LogP contribution < -0.4 is 11.1 Å². The molecule has 1 aliphatic carbocycles. The van der Waals surface area contributed by atoms with E-state index in [4.69, 9.17) is 5.73 Å². The van der Waals surface area contributed by atoms with E-state index in [1.807, 2.05) is 24.3 Å². The normalized spacial score (nSPS) is 15.5. The number of aryl methyl sites for hydroxylation is 1. The molecule has 25 heavy (non-hydrogen) atoms. The summed E-state index contributed by atoms with van der Waals surface area (Å²) in [5.41, 5.74) is 11.0. The number of anilines is 1. The van der Waals surface area contributed by atoms with Crippen LogP contribution in [0.1, 0.15) is 59.1 Å². The molecule has 1 heterocycles. The van der Waals surface area contributed by atoms with Crippen molar-refractivity contribution in [3.63, 3.8) is 0 Å². The third kappa shape index (κ3) is 3.55. The molecular formula is C21H26N2OS. The van der Waals surface area contributed by atoms with Gasteiger partial charge in [-0.3, -0.25) is 4.79 Å². The molecule has 3 rings (SSSR count). The molecule has 2 aromatic rings. The third-order valence-electron chi connectivity index (χ3n) is 4.95. The third-order valence-corrected chi connectivity index (χ3v) is 6.16. The van der Waals surface area contributed by atoms with Gasteiger partial charge in [-0.1, -0.05) is 44.7 Å². The second-order valence-electron chi connectivity index (χ2n) is 7.57. The Hall–Kier alpha value is -1.91. The van der Waals surface area contributed by atoms with E-state index < -0.39 is 0 Å². The van der Waals surface area contributed by atoms with Crippen molar-refractivity contribution in [1.29, 1.82) is 0 Å². The van der Waals surface area contributed by atoms with E-state index in [0.29, 0.717) is 6.54 Å². The molecule has 0 bridgehead atoms. The zero-order chi connectivity index (χ0) is 18.2. The summed E-state index contributed by atoms with van der Waals surface area (Å²) in [6.45, 7) is 10.9. The monoisotopic (exact) mass is 354 g/mol. The molecule has 0 saturated carbocycles. The first-order chi connectivity index (χ1) is 11.8. The van der Waals surface area contributed by atoms with Crippen LogP contribution in [0.4, 0.5) is 5.00 Å². The highest BCUT2D eigenvalue weighted by Crippen LogP contribution is 2.44. The van der Waals surface area contributed by atoms with Gasteiger partial charge in [0.1, 0.15) is 5.00 Å². The summed E-state index contributed by atoms with van der Waals surface area (Å²) in [7, 11) is 0. The molecule has 0 amide bonds. The first-order valence-electron chi connectivity index (χ1n) is 8.72. The first kappa shape index (κ1) is 17.9. The highest BCUT2D eigenvalue weighted by atomic mass is 32.1. The fourth-order valence-electron chi connectivity index (χ4n) is 3.58. The number of thiophene rings is 1. The van der Waals surface area contributed by atoms with Crippen LogP contribution in [0.15, 0.2) is 30.8 Å². The number of rotatable bonds is 5. The Labute approximate surface area is 153 Å². The van der Waals surface area contributed by atoms with Crippen molar-refractivity contribution in [3.8, 4) is 0 Å². The zero-order valence-corrected chi connectivity index (χ0v) is 16.1. The minimum Gasteiger partial charge on any atom is -0.347 e. The fraction of sp³-hybridized carbons (Fsp3) is 0.381. The maximum atomic E-state index is 12.4. The smallest absolute Gasteiger partial charge is 0.163 e. The van der Waals surface area contributed by atoms with Gasteiger partial charge in [-0.15, -0.1) is 11.3 Å². The summed E-state index contributed by atoms with van der Waals surface area (Å²) in [5.74, 6) is 0.123. The Morgan fingerprint density at radius 1 is 1.36 bits per heavy atom. The summed E-state index contributed by atoms with van der Waals surface area (Å²) in [6.07, 6.45) is 3.16. The summed E-state index contributed by atoms with van der Waals surface area (Å²) in [5, 5.41) is 4.34. The molecule has 0 aliphatic heterocycles. The van der Waals surface area contributed by atoms with Crippen molar-refractivity contribution in [2.75, 3.05) is 5.32 Å². The van der Waals surface area contributed by atoms with E-state index in [1.165, 1.54) is 10.4 Å². The molecule has 0 atom stereocenters. The number of carbonyl (C=O) groups is 1. The van der Waals surface area contributed by atoms with Gasteiger partial charge in [0.05, 0.1) is 5.56 Å². The van der Waals surface area contributed by atoms with Gasteiger partial charge in [-0.2, -0.15) is 0 Å². The van der Waals surface area contributed by atoms with Crippen LogP contribution >= 0.6 is 11.3 Å². The molecule has 132 valence electrons. The molecule has 1 aliphatic rings. The molecule has 0 fully saturated rings. The maximum absolute atomic E-state index is 12.4. The lowest BCUT2D eigenvalue weighted by atomic mass is 9.76. The Balaban J connectivity index is 1.97. The van der Waals surface area contributed by atoms with Crippen LogP contribution in [0, 0.1) is 5.41 Å². The van der Waals surface area contributed by atoms with Crippen molar-refractivity contribution < 1.29 is 4.79 Å². The number of benzene rings is 1. The summed E-state index contributed by atoms with van der Waals surface area (Å²) in [4.78, 5) is 13.7. The standard InChI is InChI=1S/C21H26N2OS/c1-13(16-8-6-5-7-15(16)12-22)23-20-19(14(2)24)17-11-21(3,4)10-9-18(17)25-20/h5-8,23H,1,9-12,22H2,2-4H3. The molecule has 3 N–H and O–H groups in total.